The SMILES string of the molecule is CCc1nc2cc(B3OC(C)(C)C(C)(C)O3)ccc2n1C1CCC(O[Si](C)(C)C(C)(C)C)CC1. The summed E-state index contributed by atoms with van der Waals surface area (Å²) < 4.78 is 21.8. The van der Waals surface area contributed by atoms with Gasteiger partial charge in [0.25, 0.3) is 0 Å². The molecule has 4 rings (SSSR count). The quantitative estimate of drug-likeness (QED) is 0.461. The van der Waals surface area contributed by atoms with Crippen LogP contribution in [0.5, 0.6) is 0 Å². The molecule has 0 unspecified atom stereocenters. The van der Waals surface area contributed by atoms with E-state index in [4.69, 9.17) is 18.7 Å². The highest BCUT2D eigenvalue weighted by Crippen LogP contribution is 2.41. The van der Waals surface area contributed by atoms with Gasteiger partial charge in [-0.25, -0.2) is 4.98 Å². The number of benzene rings is 1. The first-order valence-corrected chi connectivity index (χ1v) is 16.1. The van der Waals surface area contributed by atoms with Crippen molar-refractivity contribution in [3.63, 3.8) is 0 Å². The van der Waals surface area contributed by atoms with Gasteiger partial charge in [0.1, 0.15) is 5.82 Å². The molecule has 0 bridgehead atoms. The molecule has 188 valence electrons. The van der Waals surface area contributed by atoms with E-state index in [1.165, 1.54) is 11.3 Å². The number of hydrogen-bond acceptors (Lipinski definition) is 4. The summed E-state index contributed by atoms with van der Waals surface area (Å²) in [5.74, 6) is 1.18. The van der Waals surface area contributed by atoms with Crippen LogP contribution in [0.3, 0.4) is 0 Å². The van der Waals surface area contributed by atoms with Crippen LogP contribution in [0.15, 0.2) is 18.2 Å². The molecule has 2 aliphatic rings. The van der Waals surface area contributed by atoms with Crippen molar-refractivity contribution in [1.82, 2.24) is 9.55 Å². The molecule has 2 heterocycles. The summed E-state index contributed by atoms with van der Waals surface area (Å²) in [5.41, 5.74) is 2.64. The topological polar surface area (TPSA) is 45.5 Å². The second-order valence-electron chi connectivity index (χ2n) is 12.9. The molecule has 1 aliphatic heterocycles. The van der Waals surface area contributed by atoms with Gasteiger partial charge in [-0.1, -0.05) is 33.8 Å². The van der Waals surface area contributed by atoms with E-state index in [2.05, 4.69) is 91.3 Å². The van der Waals surface area contributed by atoms with Crippen LogP contribution in [0.1, 0.15) is 92.9 Å². The first-order valence-electron chi connectivity index (χ1n) is 13.2. The predicted octanol–water partition coefficient (Wildman–Crippen LogP) is 6.40. The molecule has 1 saturated heterocycles. The lowest BCUT2D eigenvalue weighted by Crippen LogP contribution is -2.44. The minimum absolute atomic E-state index is 0.259. The molecular weight excluding hydrogens is 439 g/mol. The molecule has 2 aromatic rings. The van der Waals surface area contributed by atoms with Gasteiger partial charge in [-0.05, 0) is 89.1 Å². The molecular formula is C27H45BN2O3Si. The van der Waals surface area contributed by atoms with Crippen LogP contribution in [0, 0.1) is 0 Å². The molecule has 1 aliphatic carbocycles. The minimum Gasteiger partial charge on any atom is -0.414 e. The summed E-state index contributed by atoms with van der Waals surface area (Å²) >= 11 is 0. The summed E-state index contributed by atoms with van der Waals surface area (Å²) in [7, 11) is -2.08. The average Bonchev–Trinajstić information content (AvgIpc) is 3.20. The largest absolute Gasteiger partial charge is 0.494 e. The van der Waals surface area contributed by atoms with Crippen molar-refractivity contribution in [2.75, 3.05) is 0 Å². The average molecular weight is 485 g/mol. The zero-order valence-corrected chi connectivity index (χ0v) is 24.1. The molecule has 1 aromatic heterocycles. The fourth-order valence-corrected chi connectivity index (χ4v) is 6.39. The molecule has 0 atom stereocenters. The van der Waals surface area contributed by atoms with E-state index in [1.54, 1.807) is 0 Å². The zero-order valence-electron chi connectivity index (χ0n) is 23.1. The number of aromatic nitrogens is 2. The highest BCUT2D eigenvalue weighted by Gasteiger charge is 2.51. The highest BCUT2D eigenvalue weighted by atomic mass is 28.4. The molecule has 5 nitrogen and oxygen atoms in total. The number of imidazole rings is 1. The van der Waals surface area contributed by atoms with Crippen molar-refractivity contribution in [2.45, 2.75) is 129 Å². The Morgan fingerprint density at radius 3 is 2.18 bits per heavy atom. The van der Waals surface area contributed by atoms with Gasteiger partial charge in [0, 0.05) is 18.6 Å². The Morgan fingerprint density at radius 1 is 1.06 bits per heavy atom. The summed E-state index contributed by atoms with van der Waals surface area (Å²) in [6, 6.07) is 7.04. The van der Waals surface area contributed by atoms with E-state index >= 15 is 0 Å². The van der Waals surface area contributed by atoms with Crippen molar-refractivity contribution in [2.24, 2.45) is 0 Å². The van der Waals surface area contributed by atoms with E-state index in [9.17, 15) is 0 Å². The van der Waals surface area contributed by atoms with Crippen LogP contribution in [-0.4, -0.2) is 42.3 Å². The Morgan fingerprint density at radius 2 is 1.65 bits per heavy atom. The first kappa shape index (κ1) is 25.9. The summed E-state index contributed by atoms with van der Waals surface area (Å²) in [6.07, 6.45) is 5.89. The molecule has 34 heavy (non-hydrogen) atoms. The molecule has 7 heteroatoms. The number of aryl methyl sites for hydroxylation is 1. The predicted molar refractivity (Wildman–Crippen MR) is 144 cm³/mol. The number of hydrogen-bond donors (Lipinski definition) is 0. The Balaban J connectivity index is 1.53. The lowest BCUT2D eigenvalue weighted by atomic mass is 9.79. The Kier molecular flexibility index (Phi) is 6.68. The Bertz CT molecular complexity index is 1020. The lowest BCUT2D eigenvalue weighted by Gasteiger charge is -2.41. The van der Waals surface area contributed by atoms with E-state index in [0.717, 1.165) is 43.1 Å². The van der Waals surface area contributed by atoms with Crippen molar-refractivity contribution >= 4 is 31.9 Å². The molecule has 0 spiro atoms. The number of rotatable bonds is 5. The van der Waals surface area contributed by atoms with Gasteiger partial charge < -0.3 is 18.3 Å². The minimum atomic E-state index is -1.72. The molecule has 1 saturated carbocycles. The Hall–Kier alpha value is -1.15. The normalized spacial score (nSPS) is 25.3. The van der Waals surface area contributed by atoms with Crippen LogP contribution < -0.4 is 5.46 Å². The third-order valence-corrected chi connectivity index (χ3v) is 13.4. The van der Waals surface area contributed by atoms with Crippen LogP contribution in [-0.2, 0) is 20.2 Å². The molecule has 0 amide bonds. The van der Waals surface area contributed by atoms with Gasteiger partial charge >= 0.3 is 7.12 Å². The Labute approximate surface area is 208 Å². The molecule has 0 N–H and O–H groups in total. The van der Waals surface area contributed by atoms with Crippen LogP contribution >= 0.6 is 0 Å². The van der Waals surface area contributed by atoms with E-state index in [1.807, 2.05) is 0 Å². The summed E-state index contributed by atoms with van der Waals surface area (Å²) in [5, 5.41) is 0.259. The van der Waals surface area contributed by atoms with Crippen molar-refractivity contribution < 1.29 is 13.7 Å². The molecule has 0 radical (unpaired) electrons. The maximum atomic E-state index is 6.75. The standard InChI is InChI=1S/C27H45BN2O3Si/c1-11-24-29-22-18-19(28-32-26(5,6)27(7,8)33-28)12-17-23(22)30(24)20-13-15-21(16-14-20)31-34(9,10)25(2,3)4/h12,17-18,20-21H,11,13-16H2,1-10H3. The van der Waals surface area contributed by atoms with Crippen molar-refractivity contribution in [1.29, 1.82) is 0 Å². The first-order chi connectivity index (χ1) is 15.6. The smallest absolute Gasteiger partial charge is 0.414 e. The zero-order chi connectivity index (χ0) is 25.1. The molecule has 2 fully saturated rings. The fourth-order valence-electron chi connectivity index (χ4n) is 4.96. The number of fused-ring (bicyclic) bond motifs is 1. The second kappa shape index (κ2) is 8.75. The van der Waals surface area contributed by atoms with Crippen LogP contribution in [0.4, 0.5) is 0 Å². The van der Waals surface area contributed by atoms with E-state index in [0.29, 0.717) is 12.1 Å². The maximum Gasteiger partial charge on any atom is 0.494 e. The second-order valence-corrected chi connectivity index (χ2v) is 17.7. The third kappa shape index (κ3) is 4.65. The maximum absolute atomic E-state index is 6.75. The fraction of sp³-hybridized carbons (Fsp3) is 0.741. The van der Waals surface area contributed by atoms with Gasteiger partial charge in [-0.3, -0.25) is 0 Å². The van der Waals surface area contributed by atoms with Gasteiger partial charge in [-0.15, -0.1) is 0 Å². The third-order valence-electron chi connectivity index (χ3n) is 8.90. The van der Waals surface area contributed by atoms with Gasteiger partial charge in [0.15, 0.2) is 8.32 Å². The highest BCUT2D eigenvalue weighted by molar-refractivity contribution is 6.74. The van der Waals surface area contributed by atoms with Crippen molar-refractivity contribution in [3.8, 4) is 0 Å². The van der Waals surface area contributed by atoms with E-state index < -0.39 is 8.32 Å². The van der Waals surface area contributed by atoms with Gasteiger partial charge in [0.05, 0.1) is 22.2 Å². The molecule has 1 aromatic carbocycles. The van der Waals surface area contributed by atoms with Gasteiger partial charge in [0.2, 0.25) is 0 Å². The van der Waals surface area contributed by atoms with Crippen LogP contribution in [0.25, 0.3) is 11.0 Å². The van der Waals surface area contributed by atoms with Crippen LogP contribution in [0.2, 0.25) is 18.1 Å². The van der Waals surface area contributed by atoms with Gasteiger partial charge in [-0.2, -0.15) is 0 Å². The van der Waals surface area contributed by atoms with E-state index in [-0.39, 0.29) is 23.4 Å². The lowest BCUT2D eigenvalue weighted by molar-refractivity contribution is 0.00578. The monoisotopic (exact) mass is 484 g/mol. The van der Waals surface area contributed by atoms with Crippen molar-refractivity contribution in [3.05, 3.63) is 24.0 Å². The summed E-state index contributed by atoms with van der Waals surface area (Å²) in [4.78, 5) is 5.05. The number of nitrogens with zero attached hydrogens (tertiary/aromatic N) is 2. The summed E-state index contributed by atoms with van der Waals surface area (Å²) in [6.45, 7) is 22.3.